The summed E-state index contributed by atoms with van der Waals surface area (Å²) in [6.07, 6.45) is 1.48. The Hall–Kier alpha value is -9.31. The van der Waals surface area contributed by atoms with Crippen LogP contribution in [0.15, 0.2) is 86.5 Å². The van der Waals surface area contributed by atoms with Crippen molar-refractivity contribution in [3.8, 4) is 17.6 Å². The van der Waals surface area contributed by atoms with Gasteiger partial charge in [-0.2, -0.15) is 53.6 Å². The van der Waals surface area contributed by atoms with Gasteiger partial charge in [0.1, 0.15) is 22.8 Å². The minimum absolute atomic E-state index is 0.115. The van der Waals surface area contributed by atoms with E-state index in [4.69, 9.17) is 34.8 Å². The summed E-state index contributed by atoms with van der Waals surface area (Å²) < 4.78 is 135. The van der Waals surface area contributed by atoms with Gasteiger partial charge < -0.3 is 14.7 Å². The van der Waals surface area contributed by atoms with Crippen LogP contribution >= 0.6 is 34.8 Å². The molecule has 0 fully saturated rings. The second-order valence-corrected chi connectivity index (χ2v) is 20.3. The fraction of sp³-hybridized carbons (Fsp3) is 0.294. The lowest BCUT2D eigenvalue weighted by Crippen LogP contribution is -2.40. The predicted molar refractivity (Wildman–Crippen MR) is 283 cm³/mol. The van der Waals surface area contributed by atoms with Crippen molar-refractivity contribution < 1.29 is 58.3 Å². The van der Waals surface area contributed by atoms with Crippen molar-refractivity contribution in [1.29, 1.82) is 0 Å². The van der Waals surface area contributed by atoms with E-state index in [1.807, 2.05) is 0 Å². The number of alkyl halides is 9. The van der Waals surface area contributed by atoms with Gasteiger partial charge in [0, 0.05) is 88.5 Å². The molecular formula is C51H38Cl3F10N21O3. The standard InChI is InChI=1S/C17H12ClF4N7O.2C17H13ClF3N7O/c1-8-13-11(29(27-26-13)16-24-6-9(19)7-25-16)3-5-28(8)15(30)10-2-4-23-14(12(10)18)17(20,21)22;1-9-15-12(28(26-25-15)13-8-22-3-4-24-13)2-5-27(9)16(29)10-6-23-7-11(14(10)18)17(19,20)21;1-9-14-11(28(26-25-14)12-8-22-5-6-23-12)3-7-27(9)16(29)15-13(18)10(2-4-24-15)17(19,20)21/h2,4,6-8H,3,5H2,1H3;3-4,6-9H,2,5H2,1H3;2,4-6,8-9H,3,7H2,1H3/t8-;2*9-/m111/s1. The first-order valence-corrected chi connectivity index (χ1v) is 26.8. The van der Waals surface area contributed by atoms with E-state index in [0.29, 0.717) is 53.4 Å². The molecule has 0 saturated carbocycles. The molecule has 0 aromatic carbocycles. The predicted octanol–water partition coefficient (Wildman–Crippen LogP) is 8.79. The van der Waals surface area contributed by atoms with E-state index in [2.05, 4.69) is 75.8 Å². The van der Waals surface area contributed by atoms with Crippen LogP contribution in [0.2, 0.25) is 15.1 Å². The van der Waals surface area contributed by atoms with Crippen LogP contribution in [0.1, 0.15) is 121 Å². The molecule has 37 heteroatoms. The molecule has 456 valence electrons. The molecule has 0 bridgehead atoms. The molecule has 0 saturated heterocycles. The number of carbonyl (C=O) groups excluding carboxylic acids is 3. The smallest absolute Gasteiger partial charge is 0.330 e. The van der Waals surface area contributed by atoms with Crippen LogP contribution in [0, 0.1) is 5.82 Å². The number of hydrogen-bond acceptors (Lipinski definition) is 18. The molecule has 9 aromatic heterocycles. The van der Waals surface area contributed by atoms with Crippen molar-refractivity contribution in [3.05, 3.63) is 175 Å². The Morgan fingerprint density at radius 2 is 0.932 bits per heavy atom. The van der Waals surface area contributed by atoms with E-state index in [9.17, 15) is 58.3 Å². The summed E-state index contributed by atoms with van der Waals surface area (Å²) >= 11 is 17.6. The zero-order chi connectivity index (χ0) is 63.1. The van der Waals surface area contributed by atoms with Crippen molar-refractivity contribution >= 4 is 52.5 Å². The first-order valence-electron chi connectivity index (χ1n) is 25.7. The number of nitrogens with zero attached hydrogens (tertiary/aromatic N) is 21. The highest BCUT2D eigenvalue weighted by Crippen LogP contribution is 2.41. The molecule has 3 aliphatic heterocycles. The van der Waals surface area contributed by atoms with Crippen LogP contribution < -0.4 is 0 Å². The fourth-order valence-corrected chi connectivity index (χ4v) is 10.6. The van der Waals surface area contributed by atoms with Gasteiger partial charge in [-0.15, -0.1) is 15.3 Å². The molecular weight excluding hydrogens is 1250 g/mol. The van der Waals surface area contributed by atoms with Gasteiger partial charge in [0.15, 0.2) is 23.1 Å². The minimum Gasteiger partial charge on any atom is -0.330 e. The molecule has 3 amide bonds. The summed E-state index contributed by atoms with van der Waals surface area (Å²) in [5.74, 6) is -1.56. The summed E-state index contributed by atoms with van der Waals surface area (Å²) in [6, 6.07) is 0.217. The zero-order valence-electron chi connectivity index (χ0n) is 45.1. The van der Waals surface area contributed by atoms with Gasteiger partial charge >= 0.3 is 18.5 Å². The van der Waals surface area contributed by atoms with Gasteiger partial charge in [0.2, 0.25) is 0 Å². The van der Waals surface area contributed by atoms with Crippen LogP contribution in [0.3, 0.4) is 0 Å². The lowest BCUT2D eigenvalue weighted by Gasteiger charge is -2.32. The monoisotopic (exact) mass is 1290 g/mol. The van der Waals surface area contributed by atoms with E-state index < -0.39 is 97.8 Å². The highest BCUT2D eigenvalue weighted by Gasteiger charge is 2.42. The normalized spacial score (nSPS) is 16.5. The third-order valence-electron chi connectivity index (χ3n) is 14.1. The quantitative estimate of drug-likeness (QED) is 0.141. The van der Waals surface area contributed by atoms with Gasteiger partial charge in [-0.3, -0.25) is 34.3 Å². The minimum atomic E-state index is -4.79. The maximum Gasteiger partial charge on any atom is 0.434 e. The number of pyridine rings is 3. The average Bonchev–Trinajstić information content (AvgIpc) is 1.86. The maximum atomic E-state index is 13.1. The molecule has 24 nitrogen and oxygen atoms in total. The molecule has 0 N–H and O–H groups in total. The molecule has 0 radical (unpaired) electrons. The SMILES string of the molecule is C[C@@H]1c2nnn(-c3cnccn3)c2CCN1C(=O)c1cncc(C(F)(F)F)c1Cl.C[C@@H]1c2nnn(-c3cnccn3)c2CCN1C(=O)c1nccc(C(F)(F)F)c1Cl.C[C@@H]1c2nnn(-c3ncc(F)cn3)c2CCN1C(=O)c1ccnc(C(F)(F)F)c1Cl. The number of fused-ring (bicyclic) bond motifs is 3. The summed E-state index contributed by atoms with van der Waals surface area (Å²) in [5, 5.41) is 22.4. The number of aromatic nitrogens is 18. The lowest BCUT2D eigenvalue weighted by atomic mass is 10.0. The lowest BCUT2D eigenvalue weighted by molar-refractivity contribution is -0.141. The third-order valence-corrected chi connectivity index (χ3v) is 15.2. The van der Waals surface area contributed by atoms with Crippen LogP contribution in [0.5, 0.6) is 0 Å². The molecule has 9 aromatic rings. The Balaban J connectivity index is 0.000000146. The Kier molecular flexibility index (Phi) is 17.2. The van der Waals surface area contributed by atoms with Crippen LogP contribution in [-0.2, 0) is 37.8 Å². The van der Waals surface area contributed by atoms with E-state index in [1.54, 1.807) is 25.5 Å². The summed E-state index contributed by atoms with van der Waals surface area (Å²) in [4.78, 5) is 77.6. The molecule has 88 heavy (non-hydrogen) atoms. The van der Waals surface area contributed by atoms with Crippen molar-refractivity contribution in [3.63, 3.8) is 0 Å². The molecule has 0 spiro atoms. The topological polar surface area (TPSA) is 269 Å². The molecule has 12 rings (SSSR count). The maximum absolute atomic E-state index is 13.1. The molecule has 0 aliphatic carbocycles. The third kappa shape index (κ3) is 12.1. The molecule has 12 heterocycles. The van der Waals surface area contributed by atoms with E-state index in [0.717, 1.165) is 54.5 Å². The highest BCUT2D eigenvalue weighted by atomic mass is 35.5. The Labute approximate surface area is 502 Å². The summed E-state index contributed by atoms with van der Waals surface area (Å²) in [6.45, 7) is 5.75. The number of hydrogen-bond donors (Lipinski definition) is 0. The number of halogens is 13. The Morgan fingerprint density at radius 3 is 1.41 bits per heavy atom. The largest absolute Gasteiger partial charge is 0.434 e. The van der Waals surface area contributed by atoms with Gasteiger partial charge in [-0.1, -0.05) is 50.4 Å². The highest BCUT2D eigenvalue weighted by molar-refractivity contribution is 6.35. The molecule has 3 aliphatic rings. The molecule has 0 unspecified atom stereocenters. The number of carbonyl (C=O) groups is 3. The summed E-state index contributed by atoms with van der Waals surface area (Å²) in [5.41, 5.74) is -0.996. The van der Waals surface area contributed by atoms with E-state index in [-0.39, 0.29) is 43.1 Å². The number of amides is 3. The second-order valence-electron chi connectivity index (χ2n) is 19.2. The molecule has 3 atom stereocenters. The first kappa shape index (κ1) is 61.8. The van der Waals surface area contributed by atoms with Crippen molar-refractivity contribution in [1.82, 2.24) is 105 Å². The van der Waals surface area contributed by atoms with E-state index >= 15 is 0 Å². The first-order chi connectivity index (χ1) is 41.8. The van der Waals surface area contributed by atoms with Crippen molar-refractivity contribution in [2.75, 3.05) is 19.6 Å². The van der Waals surface area contributed by atoms with E-state index in [1.165, 1.54) is 61.2 Å². The van der Waals surface area contributed by atoms with Crippen molar-refractivity contribution in [2.24, 2.45) is 0 Å². The van der Waals surface area contributed by atoms with Gasteiger partial charge in [-0.25, -0.2) is 29.3 Å². The van der Waals surface area contributed by atoms with Crippen LogP contribution in [0.4, 0.5) is 43.9 Å². The average molecular weight is 1290 g/mol. The van der Waals surface area contributed by atoms with Crippen LogP contribution in [0.25, 0.3) is 17.6 Å². The number of rotatable bonds is 6. The van der Waals surface area contributed by atoms with Crippen LogP contribution in [-0.4, -0.2) is 142 Å². The van der Waals surface area contributed by atoms with Gasteiger partial charge in [-0.05, 0) is 32.9 Å². The zero-order valence-corrected chi connectivity index (χ0v) is 47.4. The van der Waals surface area contributed by atoms with Crippen molar-refractivity contribution in [2.45, 2.75) is 76.7 Å². The fourth-order valence-electron chi connectivity index (χ4n) is 9.75. The second kappa shape index (κ2) is 24.5. The Morgan fingerprint density at radius 1 is 0.466 bits per heavy atom. The Bertz CT molecular complexity index is 3910. The summed E-state index contributed by atoms with van der Waals surface area (Å²) in [7, 11) is 0. The van der Waals surface area contributed by atoms with Gasteiger partial charge in [0.05, 0.1) is 97.3 Å². The van der Waals surface area contributed by atoms with Gasteiger partial charge in [0.25, 0.3) is 23.7 Å².